The van der Waals surface area contributed by atoms with Crippen LogP contribution in [0.3, 0.4) is 0 Å². The summed E-state index contributed by atoms with van der Waals surface area (Å²) in [6.07, 6.45) is 1.67. The molecule has 1 radical (unpaired) electrons. The van der Waals surface area contributed by atoms with Crippen LogP contribution in [-0.2, 0) is 0 Å². The number of fused-ring (bicyclic) bond motifs is 1. The van der Waals surface area contributed by atoms with Gasteiger partial charge in [-0.3, -0.25) is 4.98 Å². The van der Waals surface area contributed by atoms with Crippen LogP contribution in [0.1, 0.15) is 0 Å². The van der Waals surface area contributed by atoms with Crippen LogP contribution in [0.5, 0.6) is 5.75 Å². The Kier molecular flexibility index (Phi) is 3.84. The van der Waals surface area contributed by atoms with Gasteiger partial charge in [0.05, 0.1) is 0 Å². The topological polar surface area (TPSA) is 33.1 Å². The molecule has 3 heteroatoms. The number of phenols is 1. The molecule has 2 nitrogen and oxygen atoms in total. The molecule has 1 aromatic heterocycles. The van der Waals surface area contributed by atoms with E-state index in [1.54, 1.807) is 18.3 Å². The molecular weight excluding hydrogens is 224 g/mol. The van der Waals surface area contributed by atoms with Crippen molar-refractivity contribution in [1.29, 1.82) is 0 Å². The zero-order chi connectivity index (χ0) is 7.68. The van der Waals surface area contributed by atoms with E-state index in [0.717, 1.165) is 5.39 Å². The molecule has 0 saturated carbocycles. The third-order valence-corrected chi connectivity index (χ3v) is 1.61. The summed E-state index contributed by atoms with van der Waals surface area (Å²) in [5.41, 5.74) is 0.662. The molecule has 1 aromatic carbocycles. The molecule has 2 rings (SSSR count). The van der Waals surface area contributed by atoms with Crippen LogP contribution in [0, 0.1) is 0 Å². The van der Waals surface area contributed by atoms with Crippen molar-refractivity contribution in [3.63, 3.8) is 0 Å². The molecule has 1 N–H and O–H groups in total. The zero-order valence-electron chi connectivity index (χ0n) is 6.86. The summed E-state index contributed by atoms with van der Waals surface area (Å²) >= 11 is 0. The summed E-state index contributed by atoms with van der Waals surface area (Å²) in [7, 11) is 0. The first-order valence-corrected chi connectivity index (χ1v) is 3.40. The second-order valence-corrected chi connectivity index (χ2v) is 2.35. The summed E-state index contributed by atoms with van der Waals surface area (Å²) in [5.74, 6) is 0.239. The van der Waals surface area contributed by atoms with Crippen LogP contribution in [0.25, 0.3) is 10.9 Å². The Hall–Kier alpha value is 0.235. The van der Waals surface area contributed by atoms with E-state index in [9.17, 15) is 5.11 Å². The molecule has 0 amide bonds. The van der Waals surface area contributed by atoms with Crippen molar-refractivity contribution >= 4 is 69.1 Å². The van der Waals surface area contributed by atoms with E-state index in [1.165, 1.54) is 0 Å². The molecular formula is C9H7NORb. The maximum Gasteiger partial charge on any atom is 0.141 e. The minimum atomic E-state index is 0. The quantitative estimate of drug-likeness (QED) is 0.745. The van der Waals surface area contributed by atoms with Crippen LogP contribution in [0.4, 0.5) is 0 Å². The second kappa shape index (κ2) is 4.47. The van der Waals surface area contributed by atoms with Crippen molar-refractivity contribution in [2.24, 2.45) is 0 Å². The molecule has 1 heterocycles. The molecule has 0 spiro atoms. The van der Waals surface area contributed by atoms with Gasteiger partial charge in [-0.1, -0.05) is 18.2 Å². The van der Waals surface area contributed by atoms with Gasteiger partial charge in [0, 0.05) is 69.8 Å². The van der Waals surface area contributed by atoms with Gasteiger partial charge in [-0.25, -0.2) is 0 Å². The van der Waals surface area contributed by atoms with Crippen molar-refractivity contribution in [3.8, 4) is 5.75 Å². The van der Waals surface area contributed by atoms with Crippen molar-refractivity contribution in [2.45, 2.75) is 0 Å². The van der Waals surface area contributed by atoms with Gasteiger partial charge in [0.25, 0.3) is 0 Å². The molecule has 0 aliphatic carbocycles. The average molecular weight is 231 g/mol. The molecule has 0 bridgehead atoms. The minimum absolute atomic E-state index is 0. The summed E-state index contributed by atoms with van der Waals surface area (Å²) in [6, 6.07) is 9.13. The summed E-state index contributed by atoms with van der Waals surface area (Å²) in [4.78, 5) is 4.03. The number of phenolic OH excluding ortho intramolecular Hbond substituents is 1. The Morgan fingerprint density at radius 1 is 1.08 bits per heavy atom. The Morgan fingerprint density at radius 3 is 2.58 bits per heavy atom. The monoisotopic (exact) mass is 230 g/mol. The van der Waals surface area contributed by atoms with Gasteiger partial charge < -0.3 is 5.11 Å². The smallest absolute Gasteiger partial charge is 0.141 e. The van der Waals surface area contributed by atoms with Crippen LogP contribution in [-0.4, -0.2) is 68.3 Å². The van der Waals surface area contributed by atoms with Gasteiger partial charge in [-0.05, 0) is 12.1 Å². The van der Waals surface area contributed by atoms with Gasteiger partial charge in [0.2, 0.25) is 0 Å². The summed E-state index contributed by atoms with van der Waals surface area (Å²) in [6.45, 7) is 0. The fraction of sp³-hybridized carbons (Fsp3) is 0. The van der Waals surface area contributed by atoms with Crippen molar-refractivity contribution in [2.75, 3.05) is 0 Å². The molecule has 0 aliphatic rings. The molecule has 2 aromatic rings. The third-order valence-electron chi connectivity index (χ3n) is 1.61. The first-order chi connectivity index (χ1) is 5.38. The van der Waals surface area contributed by atoms with Crippen molar-refractivity contribution < 1.29 is 5.11 Å². The van der Waals surface area contributed by atoms with E-state index in [2.05, 4.69) is 4.98 Å². The number of nitrogens with zero attached hydrogens (tertiary/aromatic N) is 1. The normalized spacial score (nSPS) is 9.33. The SMILES string of the molecule is Oc1cccc2cccnc12.[Rb]. The van der Waals surface area contributed by atoms with Gasteiger partial charge >= 0.3 is 0 Å². The fourth-order valence-electron chi connectivity index (χ4n) is 1.09. The molecule has 12 heavy (non-hydrogen) atoms. The van der Waals surface area contributed by atoms with Crippen LogP contribution in [0.2, 0.25) is 0 Å². The second-order valence-electron chi connectivity index (χ2n) is 2.35. The maximum atomic E-state index is 9.31. The molecule has 0 aliphatic heterocycles. The third kappa shape index (κ3) is 1.94. The average Bonchev–Trinajstić information content (AvgIpc) is 2.06. The predicted molar refractivity (Wildman–Crippen MR) is 49.2 cm³/mol. The van der Waals surface area contributed by atoms with E-state index in [-0.39, 0.29) is 63.9 Å². The standard InChI is InChI=1S/C9H7NO.Rb/c11-8-5-1-3-7-4-2-6-10-9(7)8;/h1-6,11H;. The number of aromatic hydroxyl groups is 1. The Balaban J connectivity index is 0.000000720. The number of benzene rings is 1. The van der Waals surface area contributed by atoms with Gasteiger partial charge in [-0.2, -0.15) is 0 Å². The maximum absolute atomic E-state index is 9.31. The predicted octanol–water partition coefficient (Wildman–Crippen LogP) is 1.56. The molecule has 0 saturated heterocycles. The Bertz CT molecular complexity index is 384. The van der Waals surface area contributed by atoms with E-state index < -0.39 is 0 Å². The molecule has 0 atom stereocenters. The minimum Gasteiger partial charge on any atom is -0.506 e. The van der Waals surface area contributed by atoms with Gasteiger partial charge in [-0.15, -0.1) is 0 Å². The largest absolute Gasteiger partial charge is 0.506 e. The first kappa shape index (κ1) is 10.3. The number of para-hydroxylation sites is 1. The number of aromatic nitrogens is 1. The molecule has 0 unspecified atom stereocenters. The van der Waals surface area contributed by atoms with Crippen LogP contribution >= 0.6 is 0 Å². The first-order valence-electron chi connectivity index (χ1n) is 3.40. The van der Waals surface area contributed by atoms with E-state index in [0.29, 0.717) is 5.52 Å². The van der Waals surface area contributed by atoms with E-state index >= 15 is 0 Å². The van der Waals surface area contributed by atoms with E-state index in [1.807, 2.05) is 18.2 Å². The Morgan fingerprint density at radius 2 is 1.83 bits per heavy atom. The number of pyridine rings is 1. The van der Waals surface area contributed by atoms with Crippen LogP contribution < -0.4 is 0 Å². The van der Waals surface area contributed by atoms with Gasteiger partial charge in [0.15, 0.2) is 0 Å². The number of hydrogen-bond donors (Lipinski definition) is 1. The van der Waals surface area contributed by atoms with E-state index in [4.69, 9.17) is 0 Å². The van der Waals surface area contributed by atoms with Crippen molar-refractivity contribution in [3.05, 3.63) is 36.5 Å². The summed E-state index contributed by atoms with van der Waals surface area (Å²) in [5, 5.41) is 10.3. The van der Waals surface area contributed by atoms with Gasteiger partial charge in [0.1, 0.15) is 11.3 Å². The fourth-order valence-corrected chi connectivity index (χ4v) is 1.09. The Labute approximate surface area is 119 Å². The molecule has 55 valence electrons. The molecule has 0 fully saturated rings. The number of rotatable bonds is 0. The zero-order valence-corrected chi connectivity index (χ0v) is 11.8. The number of hydrogen-bond acceptors (Lipinski definition) is 2. The van der Waals surface area contributed by atoms with Crippen molar-refractivity contribution in [1.82, 2.24) is 4.98 Å². The van der Waals surface area contributed by atoms with Crippen LogP contribution in [0.15, 0.2) is 36.5 Å². The summed E-state index contributed by atoms with van der Waals surface area (Å²) < 4.78 is 0.